The molecule has 3 saturated heterocycles. The molecule has 2 atom stereocenters. The first-order valence-corrected chi connectivity index (χ1v) is 10.8. The molecule has 0 spiro atoms. The van der Waals surface area contributed by atoms with E-state index in [1.54, 1.807) is 0 Å². The second-order valence-electron chi connectivity index (χ2n) is 7.00. The molecule has 23 heavy (non-hydrogen) atoms. The summed E-state index contributed by atoms with van der Waals surface area (Å²) in [6.45, 7) is 4.37. The number of ether oxygens (including phenoxy) is 1. The van der Waals surface area contributed by atoms with Gasteiger partial charge in [-0.05, 0) is 44.4 Å². The molecule has 6 nitrogen and oxygen atoms in total. The number of likely N-dealkylation sites (tertiary alicyclic amines) is 1. The molecule has 0 amide bonds. The van der Waals surface area contributed by atoms with Gasteiger partial charge in [0.2, 0.25) is 0 Å². The normalized spacial score (nSPS) is 31.5. The molecular formula is C16H29N3O3S. The molecule has 7 heteroatoms. The SMILES string of the molecule is O=S1(=O)CCC(CN=C(NCC2CCCO2)N2CCCCC2)C1. The number of guanidine groups is 1. The Labute approximate surface area is 139 Å². The molecule has 3 aliphatic rings. The van der Waals surface area contributed by atoms with Crippen LogP contribution in [0, 0.1) is 5.92 Å². The van der Waals surface area contributed by atoms with Crippen LogP contribution in [0.4, 0.5) is 0 Å². The maximum Gasteiger partial charge on any atom is 0.194 e. The molecule has 3 rings (SSSR count). The summed E-state index contributed by atoms with van der Waals surface area (Å²) in [7, 11) is -2.82. The Morgan fingerprint density at radius 2 is 2.00 bits per heavy atom. The first-order chi connectivity index (χ1) is 11.1. The van der Waals surface area contributed by atoms with Crippen molar-refractivity contribution in [2.75, 3.05) is 44.3 Å². The maximum absolute atomic E-state index is 11.6. The minimum atomic E-state index is -2.82. The van der Waals surface area contributed by atoms with Gasteiger partial charge in [-0.2, -0.15) is 0 Å². The largest absolute Gasteiger partial charge is 0.376 e. The number of nitrogens with zero attached hydrogens (tertiary/aromatic N) is 2. The van der Waals surface area contributed by atoms with Crippen molar-refractivity contribution in [1.82, 2.24) is 10.2 Å². The molecule has 0 aromatic heterocycles. The van der Waals surface area contributed by atoms with Crippen molar-refractivity contribution in [3.05, 3.63) is 0 Å². The van der Waals surface area contributed by atoms with Crippen LogP contribution < -0.4 is 5.32 Å². The summed E-state index contributed by atoms with van der Waals surface area (Å²) in [5, 5.41) is 3.48. The second kappa shape index (κ2) is 7.83. The maximum atomic E-state index is 11.6. The Bertz CT molecular complexity index is 509. The number of sulfone groups is 1. The molecule has 0 saturated carbocycles. The van der Waals surface area contributed by atoms with Gasteiger partial charge in [0.15, 0.2) is 15.8 Å². The Morgan fingerprint density at radius 3 is 2.65 bits per heavy atom. The molecule has 2 unspecified atom stereocenters. The summed E-state index contributed by atoms with van der Waals surface area (Å²) < 4.78 is 28.9. The third kappa shape index (κ3) is 5.08. The first kappa shape index (κ1) is 17.0. The molecule has 0 bridgehead atoms. The zero-order valence-electron chi connectivity index (χ0n) is 13.9. The predicted molar refractivity (Wildman–Crippen MR) is 91.5 cm³/mol. The monoisotopic (exact) mass is 343 g/mol. The minimum absolute atomic E-state index is 0.185. The van der Waals surface area contributed by atoms with Crippen molar-refractivity contribution in [1.29, 1.82) is 0 Å². The topological polar surface area (TPSA) is 71.0 Å². The highest BCUT2D eigenvalue weighted by molar-refractivity contribution is 7.91. The highest BCUT2D eigenvalue weighted by atomic mass is 32.2. The van der Waals surface area contributed by atoms with Gasteiger partial charge < -0.3 is 15.0 Å². The van der Waals surface area contributed by atoms with Gasteiger partial charge in [0.1, 0.15) is 0 Å². The quantitative estimate of drug-likeness (QED) is 0.610. The van der Waals surface area contributed by atoms with Crippen molar-refractivity contribution in [2.24, 2.45) is 10.9 Å². The van der Waals surface area contributed by atoms with E-state index in [1.807, 2.05) is 0 Å². The zero-order valence-corrected chi connectivity index (χ0v) is 14.7. The number of hydrogen-bond donors (Lipinski definition) is 1. The van der Waals surface area contributed by atoms with Gasteiger partial charge in [-0.1, -0.05) is 0 Å². The van der Waals surface area contributed by atoms with Crippen LogP contribution in [0.1, 0.15) is 38.5 Å². The number of rotatable bonds is 4. The minimum Gasteiger partial charge on any atom is -0.376 e. The molecular weight excluding hydrogens is 314 g/mol. The smallest absolute Gasteiger partial charge is 0.194 e. The van der Waals surface area contributed by atoms with Gasteiger partial charge in [0.05, 0.1) is 17.6 Å². The van der Waals surface area contributed by atoms with Gasteiger partial charge >= 0.3 is 0 Å². The summed E-state index contributed by atoms with van der Waals surface area (Å²) in [6.07, 6.45) is 7.00. The number of hydrogen-bond acceptors (Lipinski definition) is 4. The lowest BCUT2D eigenvalue weighted by molar-refractivity contribution is 0.113. The zero-order chi connectivity index (χ0) is 16.1. The Hall–Kier alpha value is -0.820. The summed E-state index contributed by atoms with van der Waals surface area (Å²) in [4.78, 5) is 7.09. The van der Waals surface area contributed by atoms with Crippen molar-refractivity contribution >= 4 is 15.8 Å². The lowest BCUT2D eigenvalue weighted by Gasteiger charge is -2.31. The van der Waals surface area contributed by atoms with E-state index in [1.165, 1.54) is 19.3 Å². The third-order valence-electron chi connectivity index (χ3n) is 4.99. The lowest BCUT2D eigenvalue weighted by atomic mass is 10.1. The second-order valence-corrected chi connectivity index (χ2v) is 9.23. The molecule has 132 valence electrons. The molecule has 1 N–H and O–H groups in total. The van der Waals surface area contributed by atoms with Gasteiger partial charge in [0, 0.05) is 32.8 Å². The average Bonchev–Trinajstić information content (AvgIpc) is 3.17. The van der Waals surface area contributed by atoms with Gasteiger partial charge in [0.25, 0.3) is 0 Å². The van der Waals surface area contributed by atoms with E-state index in [0.29, 0.717) is 18.1 Å². The lowest BCUT2D eigenvalue weighted by Crippen LogP contribution is -2.46. The number of aliphatic imine (C=N–C) groups is 1. The molecule has 0 aliphatic carbocycles. The van der Waals surface area contributed by atoms with Crippen LogP contribution >= 0.6 is 0 Å². The average molecular weight is 343 g/mol. The fourth-order valence-electron chi connectivity index (χ4n) is 3.62. The molecule has 3 aliphatic heterocycles. The third-order valence-corrected chi connectivity index (χ3v) is 6.83. The van der Waals surface area contributed by atoms with E-state index in [-0.39, 0.29) is 12.0 Å². The van der Waals surface area contributed by atoms with Crippen molar-refractivity contribution in [3.8, 4) is 0 Å². The fraction of sp³-hybridized carbons (Fsp3) is 0.938. The van der Waals surface area contributed by atoms with E-state index >= 15 is 0 Å². The number of piperidine rings is 1. The number of nitrogens with one attached hydrogen (secondary N) is 1. The van der Waals surface area contributed by atoms with E-state index in [9.17, 15) is 8.42 Å². The van der Waals surface area contributed by atoms with Crippen molar-refractivity contribution in [3.63, 3.8) is 0 Å². The Balaban J connectivity index is 1.57. The first-order valence-electron chi connectivity index (χ1n) is 8.98. The van der Waals surface area contributed by atoms with Gasteiger partial charge in [-0.15, -0.1) is 0 Å². The highest BCUT2D eigenvalue weighted by Gasteiger charge is 2.28. The van der Waals surface area contributed by atoms with Gasteiger partial charge in [-0.25, -0.2) is 8.42 Å². The van der Waals surface area contributed by atoms with Crippen LogP contribution in [0.5, 0.6) is 0 Å². The molecule has 0 aromatic carbocycles. The Kier molecular flexibility index (Phi) is 5.80. The summed E-state index contributed by atoms with van der Waals surface area (Å²) >= 11 is 0. The van der Waals surface area contributed by atoms with Crippen molar-refractivity contribution < 1.29 is 13.2 Å². The van der Waals surface area contributed by atoms with E-state index < -0.39 is 9.84 Å². The predicted octanol–water partition coefficient (Wildman–Crippen LogP) is 1.03. The van der Waals surface area contributed by atoms with E-state index in [2.05, 4.69) is 10.2 Å². The molecule has 3 fully saturated rings. The van der Waals surface area contributed by atoms with Crippen LogP contribution in [0.25, 0.3) is 0 Å². The summed E-state index contributed by atoms with van der Waals surface area (Å²) in [6, 6.07) is 0. The van der Waals surface area contributed by atoms with Crippen LogP contribution in [0.3, 0.4) is 0 Å². The molecule has 3 heterocycles. The summed E-state index contributed by atoms with van der Waals surface area (Å²) in [5.41, 5.74) is 0. The van der Waals surface area contributed by atoms with Gasteiger partial charge in [-0.3, -0.25) is 4.99 Å². The van der Waals surface area contributed by atoms with Crippen LogP contribution in [0.15, 0.2) is 4.99 Å². The van der Waals surface area contributed by atoms with Crippen LogP contribution in [-0.2, 0) is 14.6 Å². The van der Waals surface area contributed by atoms with E-state index in [4.69, 9.17) is 9.73 Å². The summed E-state index contributed by atoms with van der Waals surface area (Å²) in [5.74, 6) is 1.76. The standard InChI is InChI=1S/C16H29N3O3S/c20-23(21)10-6-14(13-23)11-17-16(19-7-2-1-3-8-19)18-12-15-5-4-9-22-15/h14-15H,1-13H2,(H,17,18). The van der Waals surface area contributed by atoms with Crippen molar-refractivity contribution in [2.45, 2.75) is 44.6 Å². The molecule has 0 aromatic rings. The van der Waals surface area contributed by atoms with Crippen LogP contribution in [0.2, 0.25) is 0 Å². The fourth-order valence-corrected chi connectivity index (χ4v) is 5.46. The Morgan fingerprint density at radius 1 is 1.17 bits per heavy atom. The van der Waals surface area contributed by atoms with Crippen LogP contribution in [-0.4, -0.2) is 69.7 Å². The molecule has 0 radical (unpaired) electrons. The highest BCUT2D eigenvalue weighted by Crippen LogP contribution is 2.19. The van der Waals surface area contributed by atoms with E-state index in [0.717, 1.165) is 51.5 Å².